The van der Waals surface area contributed by atoms with Crippen LogP contribution in [0.15, 0.2) is 18.3 Å². The number of aromatic nitrogens is 1. The minimum atomic E-state index is -0.0290. The van der Waals surface area contributed by atoms with Gasteiger partial charge in [0, 0.05) is 25.4 Å². The van der Waals surface area contributed by atoms with Crippen LogP contribution in [0.5, 0.6) is 0 Å². The van der Waals surface area contributed by atoms with Crippen LogP contribution in [0.2, 0.25) is 5.02 Å². The standard InChI is InChI=1S/C9H11Cl2NO/c1-13-6-8(11)4-9-3-2-7(10)5-12-9/h2-3,5,8H,4,6H2,1H3. The second kappa shape index (κ2) is 5.43. The Morgan fingerprint density at radius 1 is 1.54 bits per heavy atom. The number of halogens is 2. The lowest BCUT2D eigenvalue weighted by Gasteiger charge is -2.06. The number of rotatable bonds is 4. The monoisotopic (exact) mass is 219 g/mol. The molecule has 4 heteroatoms. The van der Waals surface area contributed by atoms with E-state index in [4.69, 9.17) is 27.9 Å². The molecule has 0 N–H and O–H groups in total. The predicted molar refractivity (Wildman–Crippen MR) is 54.5 cm³/mol. The van der Waals surface area contributed by atoms with Gasteiger partial charge in [-0.25, -0.2) is 0 Å². The van der Waals surface area contributed by atoms with Gasteiger partial charge in [0.15, 0.2) is 0 Å². The Kier molecular flexibility index (Phi) is 4.50. The third kappa shape index (κ3) is 3.94. The molecule has 1 aromatic heterocycles. The lowest BCUT2D eigenvalue weighted by Crippen LogP contribution is -2.11. The van der Waals surface area contributed by atoms with Crippen LogP contribution in [-0.4, -0.2) is 24.1 Å². The van der Waals surface area contributed by atoms with Crippen molar-refractivity contribution < 1.29 is 4.74 Å². The molecule has 13 heavy (non-hydrogen) atoms. The van der Waals surface area contributed by atoms with Gasteiger partial charge in [-0.05, 0) is 12.1 Å². The van der Waals surface area contributed by atoms with Crippen molar-refractivity contribution in [3.63, 3.8) is 0 Å². The summed E-state index contributed by atoms with van der Waals surface area (Å²) < 4.78 is 4.91. The van der Waals surface area contributed by atoms with E-state index in [1.165, 1.54) is 0 Å². The highest BCUT2D eigenvalue weighted by molar-refractivity contribution is 6.30. The molecule has 1 aromatic rings. The fourth-order valence-corrected chi connectivity index (χ4v) is 1.39. The first kappa shape index (κ1) is 10.8. The Balaban J connectivity index is 2.49. The van der Waals surface area contributed by atoms with Crippen LogP contribution in [-0.2, 0) is 11.2 Å². The van der Waals surface area contributed by atoms with Gasteiger partial charge < -0.3 is 4.74 Å². The maximum Gasteiger partial charge on any atom is 0.0630 e. The normalized spacial score (nSPS) is 12.8. The van der Waals surface area contributed by atoms with Gasteiger partial charge in [-0.15, -0.1) is 11.6 Å². The summed E-state index contributed by atoms with van der Waals surface area (Å²) in [4.78, 5) is 4.13. The summed E-state index contributed by atoms with van der Waals surface area (Å²) in [5.74, 6) is 0. The first-order valence-corrected chi connectivity index (χ1v) is 4.77. The molecule has 1 heterocycles. The molecular formula is C9H11Cl2NO. The third-order valence-corrected chi connectivity index (χ3v) is 2.07. The number of nitrogens with zero attached hydrogens (tertiary/aromatic N) is 1. The number of hydrogen-bond donors (Lipinski definition) is 0. The average Bonchev–Trinajstić information content (AvgIpc) is 2.09. The maximum atomic E-state index is 5.96. The number of methoxy groups -OCH3 is 1. The van der Waals surface area contributed by atoms with E-state index < -0.39 is 0 Å². The molecule has 0 aliphatic carbocycles. The van der Waals surface area contributed by atoms with Crippen molar-refractivity contribution >= 4 is 23.2 Å². The molecular weight excluding hydrogens is 209 g/mol. The Hall–Kier alpha value is -0.310. The highest BCUT2D eigenvalue weighted by Crippen LogP contribution is 2.10. The van der Waals surface area contributed by atoms with Gasteiger partial charge >= 0.3 is 0 Å². The zero-order valence-corrected chi connectivity index (χ0v) is 8.85. The van der Waals surface area contributed by atoms with E-state index in [1.807, 2.05) is 6.07 Å². The van der Waals surface area contributed by atoms with Gasteiger partial charge in [0.25, 0.3) is 0 Å². The first-order chi connectivity index (χ1) is 6.22. The van der Waals surface area contributed by atoms with E-state index in [0.29, 0.717) is 18.1 Å². The topological polar surface area (TPSA) is 22.1 Å². The summed E-state index contributed by atoms with van der Waals surface area (Å²) in [6.45, 7) is 0.534. The largest absolute Gasteiger partial charge is 0.383 e. The van der Waals surface area contributed by atoms with E-state index >= 15 is 0 Å². The zero-order chi connectivity index (χ0) is 9.68. The molecule has 0 aromatic carbocycles. The average molecular weight is 220 g/mol. The van der Waals surface area contributed by atoms with Gasteiger partial charge in [0.05, 0.1) is 17.0 Å². The van der Waals surface area contributed by atoms with Crippen LogP contribution in [0.3, 0.4) is 0 Å². The van der Waals surface area contributed by atoms with Gasteiger partial charge in [0.1, 0.15) is 0 Å². The summed E-state index contributed by atoms with van der Waals surface area (Å²) in [7, 11) is 1.63. The highest BCUT2D eigenvalue weighted by Gasteiger charge is 2.05. The van der Waals surface area contributed by atoms with E-state index in [1.54, 1.807) is 19.4 Å². The molecule has 0 bridgehead atoms. The molecule has 1 rings (SSSR count). The van der Waals surface area contributed by atoms with Crippen molar-refractivity contribution in [2.24, 2.45) is 0 Å². The molecule has 2 nitrogen and oxygen atoms in total. The SMILES string of the molecule is COCC(Cl)Cc1ccc(Cl)cn1. The van der Waals surface area contributed by atoms with Crippen LogP contribution < -0.4 is 0 Å². The van der Waals surface area contributed by atoms with Gasteiger partial charge in [-0.1, -0.05) is 11.6 Å². The lowest BCUT2D eigenvalue weighted by molar-refractivity contribution is 0.197. The number of hydrogen-bond acceptors (Lipinski definition) is 2. The van der Waals surface area contributed by atoms with Gasteiger partial charge in [0.2, 0.25) is 0 Å². The molecule has 0 saturated carbocycles. The molecule has 72 valence electrons. The zero-order valence-electron chi connectivity index (χ0n) is 7.34. The molecule has 0 amide bonds. The van der Waals surface area contributed by atoms with Crippen LogP contribution in [0.25, 0.3) is 0 Å². The van der Waals surface area contributed by atoms with Crippen LogP contribution in [0.1, 0.15) is 5.69 Å². The van der Waals surface area contributed by atoms with Crippen molar-refractivity contribution in [1.82, 2.24) is 4.98 Å². The fraction of sp³-hybridized carbons (Fsp3) is 0.444. The molecule has 0 radical (unpaired) electrons. The molecule has 0 aliphatic heterocycles. The molecule has 0 spiro atoms. The number of pyridine rings is 1. The smallest absolute Gasteiger partial charge is 0.0630 e. The van der Waals surface area contributed by atoms with Gasteiger partial charge in [-0.2, -0.15) is 0 Å². The molecule has 1 unspecified atom stereocenters. The first-order valence-electron chi connectivity index (χ1n) is 3.96. The van der Waals surface area contributed by atoms with Crippen LogP contribution in [0.4, 0.5) is 0 Å². The van der Waals surface area contributed by atoms with E-state index in [0.717, 1.165) is 5.69 Å². The van der Waals surface area contributed by atoms with Crippen LogP contribution in [0, 0.1) is 0 Å². The van der Waals surface area contributed by atoms with E-state index in [9.17, 15) is 0 Å². The Bertz CT molecular complexity index is 250. The maximum absolute atomic E-state index is 5.96. The van der Waals surface area contributed by atoms with Crippen LogP contribution >= 0.6 is 23.2 Å². The van der Waals surface area contributed by atoms with Crippen molar-refractivity contribution in [3.05, 3.63) is 29.0 Å². The summed E-state index contributed by atoms with van der Waals surface area (Å²) in [6.07, 6.45) is 2.32. The number of alkyl halides is 1. The third-order valence-electron chi connectivity index (χ3n) is 1.57. The molecule has 1 atom stereocenters. The summed E-state index contributed by atoms with van der Waals surface area (Å²) >= 11 is 11.6. The van der Waals surface area contributed by atoms with Crippen molar-refractivity contribution in [3.8, 4) is 0 Å². The van der Waals surface area contributed by atoms with Gasteiger partial charge in [-0.3, -0.25) is 4.98 Å². The second-order valence-corrected chi connectivity index (χ2v) is 3.78. The fourth-order valence-electron chi connectivity index (χ4n) is 0.994. The quantitative estimate of drug-likeness (QED) is 0.727. The molecule has 0 aliphatic rings. The molecule has 0 saturated heterocycles. The number of ether oxygens (including phenoxy) is 1. The Morgan fingerprint density at radius 3 is 2.85 bits per heavy atom. The summed E-state index contributed by atoms with van der Waals surface area (Å²) in [6, 6.07) is 3.67. The highest BCUT2D eigenvalue weighted by atomic mass is 35.5. The summed E-state index contributed by atoms with van der Waals surface area (Å²) in [5.41, 5.74) is 0.932. The van der Waals surface area contributed by atoms with E-state index in [2.05, 4.69) is 4.98 Å². The Labute approximate surface area is 87.8 Å². The van der Waals surface area contributed by atoms with E-state index in [-0.39, 0.29) is 5.38 Å². The summed E-state index contributed by atoms with van der Waals surface area (Å²) in [5, 5.41) is 0.611. The molecule has 0 fully saturated rings. The minimum absolute atomic E-state index is 0.0290. The predicted octanol–water partition coefficient (Wildman–Crippen LogP) is 2.53. The van der Waals surface area contributed by atoms with Crippen molar-refractivity contribution in [2.45, 2.75) is 11.8 Å². The lowest BCUT2D eigenvalue weighted by atomic mass is 10.2. The second-order valence-electron chi connectivity index (χ2n) is 2.72. The Morgan fingerprint density at radius 2 is 2.31 bits per heavy atom. The minimum Gasteiger partial charge on any atom is -0.383 e. The van der Waals surface area contributed by atoms with Crippen molar-refractivity contribution in [1.29, 1.82) is 0 Å². The van der Waals surface area contributed by atoms with Crippen molar-refractivity contribution in [2.75, 3.05) is 13.7 Å².